The van der Waals surface area contributed by atoms with Crippen LogP contribution in [0.3, 0.4) is 0 Å². The maximum atomic E-state index is 12.9. The summed E-state index contributed by atoms with van der Waals surface area (Å²) >= 11 is 0. The van der Waals surface area contributed by atoms with Crippen molar-refractivity contribution < 1.29 is 4.79 Å². The van der Waals surface area contributed by atoms with Gasteiger partial charge in [-0.05, 0) is 56.5 Å². The Bertz CT molecular complexity index is 1080. The van der Waals surface area contributed by atoms with Gasteiger partial charge in [-0.2, -0.15) is 0 Å². The number of nitrogens with zero attached hydrogens (tertiary/aromatic N) is 3. The minimum Gasteiger partial charge on any atom is -0.324 e. The van der Waals surface area contributed by atoms with Gasteiger partial charge in [0.25, 0.3) is 5.56 Å². The summed E-state index contributed by atoms with van der Waals surface area (Å²) in [6.45, 7) is 5.20. The molecular formula is C22H24N4O2. The Labute approximate surface area is 163 Å². The van der Waals surface area contributed by atoms with Crippen molar-refractivity contribution in [2.24, 2.45) is 0 Å². The molecule has 1 aromatic heterocycles. The van der Waals surface area contributed by atoms with Gasteiger partial charge in [0.1, 0.15) is 0 Å². The standard InChI is InChI=1S/C22H24N4O2/c1-15-4-3-5-17(12-15)24-22(28)25-10-8-18(9-11-25)26-14-23-20-7-6-16(2)13-19(20)21(26)27/h3-7,12-14,18H,8-11H2,1-2H3,(H,24,28). The SMILES string of the molecule is Cc1cccc(NC(=O)N2CCC(n3cnc4ccc(C)cc4c3=O)CC2)c1. The lowest BCUT2D eigenvalue weighted by molar-refractivity contribution is 0.182. The van der Waals surface area contributed by atoms with E-state index < -0.39 is 0 Å². The highest BCUT2D eigenvalue weighted by molar-refractivity contribution is 5.89. The molecule has 0 bridgehead atoms. The molecule has 1 aliphatic rings. The summed E-state index contributed by atoms with van der Waals surface area (Å²) in [4.78, 5) is 31.7. The Kier molecular flexibility index (Phi) is 4.86. The molecule has 1 aliphatic heterocycles. The Morgan fingerprint density at radius 3 is 2.57 bits per heavy atom. The number of fused-ring (bicyclic) bond motifs is 1. The van der Waals surface area contributed by atoms with Gasteiger partial charge in [0, 0.05) is 24.8 Å². The monoisotopic (exact) mass is 376 g/mol. The van der Waals surface area contributed by atoms with Gasteiger partial charge in [-0.25, -0.2) is 9.78 Å². The van der Waals surface area contributed by atoms with E-state index in [0.29, 0.717) is 18.5 Å². The number of hydrogen-bond donors (Lipinski definition) is 1. The minimum atomic E-state index is -0.0938. The topological polar surface area (TPSA) is 67.2 Å². The summed E-state index contributed by atoms with van der Waals surface area (Å²) in [5.41, 5.74) is 3.68. The maximum Gasteiger partial charge on any atom is 0.321 e. The number of carbonyl (C=O) groups is 1. The molecule has 0 atom stereocenters. The lowest BCUT2D eigenvalue weighted by Crippen LogP contribution is -2.42. The van der Waals surface area contributed by atoms with Crippen LogP contribution in [-0.4, -0.2) is 33.6 Å². The summed E-state index contributed by atoms with van der Waals surface area (Å²) in [5.74, 6) is 0. The minimum absolute atomic E-state index is 0.00337. The van der Waals surface area contributed by atoms with Crippen LogP contribution >= 0.6 is 0 Å². The van der Waals surface area contributed by atoms with E-state index >= 15 is 0 Å². The number of benzene rings is 2. The number of urea groups is 1. The van der Waals surface area contributed by atoms with Crippen molar-refractivity contribution in [1.82, 2.24) is 14.5 Å². The van der Waals surface area contributed by atoms with Crippen LogP contribution in [0.2, 0.25) is 0 Å². The first-order valence-electron chi connectivity index (χ1n) is 9.61. The van der Waals surface area contributed by atoms with E-state index in [0.717, 1.165) is 35.2 Å². The van der Waals surface area contributed by atoms with E-state index in [9.17, 15) is 9.59 Å². The number of amides is 2. The van der Waals surface area contributed by atoms with Crippen LogP contribution in [-0.2, 0) is 0 Å². The normalized spacial score (nSPS) is 15.0. The summed E-state index contributed by atoms with van der Waals surface area (Å²) < 4.78 is 1.73. The van der Waals surface area contributed by atoms with Gasteiger partial charge in [0.05, 0.1) is 17.2 Å². The average molecular weight is 376 g/mol. The highest BCUT2D eigenvalue weighted by atomic mass is 16.2. The molecule has 0 saturated carbocycles. The van der Waals surface area contributed by atoms with Gasteiger partial charge in [0.2, 0.25) is 0 Å². The molecule has 2 aromatic carbocycles. The summed E-state index contributed by atoms with van der Waals surface area (Å²) in [6, 6.07) is 13.5. The molecule has 0 aliphatic carbocycles. The molecular weight excluding hydrogens is 352 g/mol. The third-order valence-electron chi connectivity index (χ3n) is 5.35. The molecule has 4 rings (SSSR count). The van der Waals surface area contributed by atoms with Crippen LogP contribution in [0, 0.1) is 13.8 Å². The van der Waals surface area contributed by atoms with Crippen LogP contribution in [0.1, 0.15) is 30.0 Å². The molecule has 144 valence electrons. The highest BCUT2D eigenvalue weighted by Gasteiger charge is 2.25. The Morgan fingerprint density at radius 2 is 1.82 bits per heavy atom. The van der Waals surface area contributed by atoms with Crippen molar-refractivity contribution in [3.63, 3.8) is 0 Å². The number of aryl methyl sites for hydroxylation is 2. The molecule has 6 heteroatoms. The summed E-state index contributed by atoms with van der Waals surface area (Å²) in [6.07, 6.45) is 3.12. The number of nitrogens with one attached hydrogen (secondary N) is 1. The van der Waals surface area contributed by atoms with E-state index in [2.05, 4.69) is 10.3 Å². The van der Waals surface area contributed by atoms with Crippen molar-refractivity contribution in [1.29, 1.82) is 0 Å². The van der Waals surface area contributed by atoms with Gasteiger partial charge in [-0.15, -0.1) is 0 Å². The number of hydrogen-bond acceptors (Lipinski definition) is 3. The van der Waals surface area contributed by atoms with Gasteiger partial charge in [0.15, 0.2) is 0 Å². The predicted octanol–water partition coefficient (Wildman–Crippen LogP) is 3.88. The fourth-order valence-corrected chi connectivity index (χ4v) is 3.78. The zero-order valence-corrected chi connectivity index (χ0v) is 16.2. The lowest BCUT2D eigenvalue weighted by atomic mass is 10.0. The van der Waals surface area contributed by atoms with E-state index in [1.54, 1.807) is 10.9 Å². The van der Waals surface area contributed by atoms with Gasteiger partial charge >= 0.3 is 6.03 Å². The second-order valence-electron chi connectivity index (χ2n) is 7.50. The van der Waals surface area contributed by atoms with E-state index in [4.69, 9.17) is 0 Å². The fraction of sp³-hybridized carbons (Fsp3) is 0.318. The molecule has 0 unspecified atom stereocenters. The first-order valence-corrected chi connectivity index (χ1v) is 9.61. The number of likely N-dealkylation sites (tertiary alicyclic amines) is 1. The number of anilines is 1. The number of aromatic nitrogens is 2. The second kappa shape index (κ2) is 7.46. The van der Waals surface area contributed by atoms with Crippen LogP contribution in [0.15, 0.2) is 53.6 Å². The van der Waals surface area contributed by atoms with E-state index in [1.165, 1.54) is 0 Å². The van der Waals surface area contributed by atoms with Crippen molar-refractivity contribution in [3.05, 3.63) is 70.3 Å². The Morgan fingerprint density at radius 1 is 1.07 bits per heavy atom. The smallest absolute Gasteiger partial charge is 0.321 e. The molecule has 28 heavy (non-hydrogen) atoms. The molecule has 0 spiro atoms. The molecule has 3 aromatic rings. The zero-order valence-electron chi connectivity index (χ0n) is 16.2. The second-order valence-corrected chi connectivity index (χ2v) is 7.50. The van der Waals surface area contributed by atoms with Crippen LogP contribution in [0.4, 0.5) is 10.5 Å². The molecule has 1 fully saturated rings. The summed E-state index contributed by atoms with van der Waals surface area (Å²) in [5, 5.41) is 3.61. The van der Waals surface area contributed by atoms with Gasteiger partial charge < -0.3 is 10.2 Å². The first-order chi connectivity index (χ1) is 13.5. The van der Waals surface area contributed by atoms with Gasteiger partial charge in [-0.3, -0.25) is 9.36 Å². The fourth-order valence-electron chi connectivity index (χ4n) is 3.78. The lowest BCUT2D eigenvalue weighted by Gasteiger charge is -2.32. The quantitative estimate of drug-likeness (QED) is 0.738. The number of carbonyl (C=O) groups excluding carboxylic acids is 1. The van der Waals surface area contributed by atoms with Crippen molar-refractivity contribution in [2.45, 2.75) is 32.7 Å². The largest absolute Gasteiger partial charge is 0.324 e. The number of rotatable bonds is 2. The van der Waals surface area contributed by atoms with Crippen molar-refractivity contribution >= 4 is 22.6 Å². The Balaban J connectivity index is 1.45. The van der Waals surface area contributed by atoms with Crippen LogP contribution in [0.25, 0.3) is 10.9 Å². The van der Waals surface area contributed by atoms with Crippen LogP contribution < -0.4 is 10.9 Å². The summed E-state index contributed by atoms with van der Waals surface area (Å²) in [7, 11) is 0. The first kappa shape index (κ1) is 18.2. The molecule has 2 heterocycles. The Hall–Kier alpha value is -3.15. The van der Waals surface area contributed by atoms with Crippen LogP contribution in [0.5, 0.6) is 0 Å². The molecule has 1 N–H and O–H groups in total. The number of piperidine rings is 1. The van der Waals surface area contributed by atoms with Crippen molar-refractivity contribution in [2.75, 3.05) is 18.4 Å². The average Bonchev–Trinajstić information content (AvgIpc) is 2.69. The maximum absolute atomic E-state index is 12.9. The van der Waals surface area contributed by atoms with E-state index in [1.807, 2.05) is 61.2 Å². The molecule has 6 nitrogen and oxygen atoms in total. The predicted molar refractivity (Wildman–Crippen MR) is 111 cm³/mol. The zero-order chi connectivity index (χ0) is 19.7. The third kappa shape index (κ3) is 3.63. The van der Waals surface area contributed by atoms with E-state index in [-0.39, 0.29) is 17.6 Å². The van der Waals surface area contributed by atoms with Crippen molar-refractivity contribution in [3.8, 4) is 0 Å². The third-order valence-corrected chi connectivity index (χ3v) is 5.35. The highest BCUT2D eigenvalue weighted by Crippen LogP contribution is 2.22. The molecule has 1 saturated heterocycles. The van der Waals surface area contributed by atoms with Gasteiger partial charge in [-0.1, -0.05) is 23.8 Å². The molecule has 0 radical (unpaired) electrons. The molecule has 2 amide bonds.